The number of halogens is 3. The van der Waals surface area contributed by atoms with Gasteiger partial charge in [-0.05, 0) is 48.9 Å². The van der Waals surface area contributed by atoms with Gasteiger partial charge in [0.15, 0.2) is 0 Å². The predicted octanol–water partition coefficient (Wildman–Crippen LogP) is 5.06. The molecule has 1 aromatic heterocycles. The molecule has 3 aromatic rings. The Balaban J connectivity index is 1.95. The fourth-order valence-electron chi connectivity index (χ4n) is 3.11. The zero-order chi connectivity index (χ0) is 18.9. The lowest BCUT2D eigenvalue weighted by molar-refractivity contribution is -0.137. The Labute approximate surface area is 149 Å². The van der Waals surface area contributed by atoms with Gasteiger partial charge in [0.25, 0.3) is 0 Å². The molecule has 3 rings (SSSR count). The van der Waals surface area contributed by atoms with E-state index in [1.807, 2.05) is 19.1 Å². The van der Waals surface area contributed by atoms with Crippen molar-refractivity contribution >= 4 is 16.9 Å². The molecule has 136 valence electrons. The molecule has 6 heteroatoms. The van der Waals surface area contributed by atoms with Crippen molar-refractivity contribution < 1.29 is 22.7 Å². The van der Waals surface area contributed by atoms with Gasteiger partial charge in [0.2, 0.25) is 0 Å². The Kier molecular flexibility index (Phi) is 4.76. The predicted molar refractivity (Wildman–Crippen MR) is 93.2 cm³/mol. The zero-order valence-electron chi connectivity index (χ0n) is 14.4. The normalized spacial score (nSPS) is 11.7. The summed E-state index contributed by atoms with van der Waals surface area (Å²) in [6.45, 7) is 2.72. The molecule has 2 aromatic carbocycles. The average Bonchev–Trinajstić information content (AvgIpc) is 2.96. The minimum Gasteiger partial charge on any atom is -0.465 e. The first-order valence-corrected chi connectivity index (χ1v) is 8.20. The second-order valence-electron chi connectivity index (χ2n) is 6.02. The summed E-state index contributed by atoms with van der Waals surface area (Å²) in [5.41, 5.74) is 2.56. The first-order valence-electron chi connectivity index (χ1n) is 8.20. The number of alkyl halides is 3. The number of esters is 1. The van der Waals surface area contributed by atoms with E-state index >= 15 is 0 Å². The fraction of sp³-hybridized carbons (Fsp3) is 0.250. The lowest BCUT2D eigenvalue weighted by Crippen LogP contribution is -2.05. The van der Waals surface area contributed by atoms with Crippen LogP contribution in [-0.4, -0.2) is 17.6 Å². The van der Waals surface area contributed by atoms with E-state index in [-0.39, 0.29) is 0 Å². The number of rotatable bonds is 4. The Bertz CT molecular complexity index is 940. The highest BCUT2D eigenvalue weighted by Gasteiger charge is 2.29. The van der Waals surface area contributed by atoms with Crippen LogP contribution < -0.4 is 0 Å². The Morgan fingerprint density at radius 2 is 1.77 bits per heavy atom. The minimum atomic E-state index is -4.33. The molecule has 0 saturated carbocycles. The van der Waals surface area contributed by atoms with Gasteiger partial charge in [-0.15, -0.1) is 0 Å². The third-order valence-corrected chi connectivity index (χ3v) is 4.39. The monoisotopic (exact) mass is 361 g/mol. The van der Waals surface area contributed by atoms with Crippen LogP contribution in [0.25, 0.3) is 10.9 Å². The van der Waals surface area contributed by atoms with E-state index in [4.69, 9.17) is 4.74 Å². The van der Waals surface area contributed by atoms with Gasteiger partial charge in [-0.25, -0.2) is 4.79 Å². The maximum absolute atomic E-state index is 12.7. The largest absolute Gasteiger partial charge is 0.465 e. The summed E-state index contributed by atoms with van der Waals surface area (Å²) >= 11 is 0. The molecule has 0 spiro atoms. The van der Waals surface area contributed by atoms with Crippen LogP contribution in [-0.2, 0) is 23.9 Å². The molecule has 0 N–H and O–H groups in total. The first-order chi connectivity index (χ1) is 12.3. The van der Waals surface area contributed by atoms with Crippen LogP contribution in [0.3, 0.4) is 0 Å². The Morgan fingerprint density at radius 3 is 2.35 bits per heavy atom. The summed E-state index contributed by atoms with van der Waals surface area (Å²) in [6, 6.07) is 12.5. The van der Waals surface area contributed by atoms with Crippen molar-refractivity contribution in [3.8, 4) is 0 Å². The quantitative estimate of drug-likeness (QED) is 0.609. The number of carbonyl (C=O) groups excluding carboxylic acids is 1. The number of aryl methyl sites for hydroxylation is 1. The summed E-state index contributed by atoms with van der Waals surface area (Å²) < 4.78 is 44.9. The van der Waals surface area contributed by atoms with Crippen molar-refractivity contribution in [1.29, 1.82) is 0 Å². The number of hydrogen-bond donors (Lipinski definition) is 0. The molecule has 0 bridgehead atoms. The van der Waals surface area contributed by atoms with Gasteiger partial charge in [-0.1, -0.05) is 12.1 Å². The fourth-order valence-corrected chi connectivity index (χ4v) is 3.11. The molecule has 0 unspecified atom stereocenters. The van der Waals surface area contributed by atoms with Crippen LogP contribution in [0.2, 0.25) is 0 Å². The van der Waals surface area contributed by atoms with Crippen LogP contribution in [0, 0.1) is 0 Å². The summed E-state index contributed by atoms with van der Waals surface area (Å²) in [5, 5.41) is 0.900. The van der Waals surface area contributed by atoms with Gasteiger partial charge in [0.05, 0.1) is 18.2 Å². The molecule has 0 fully saturated rings. The van der Waals surface area contributed by atoms with E-state index < -0.39 is 17.7 Å². The molecule has 3 nitrogen and oxygen atoms in total. The maximum atomic E-state index is 12.7. The lowest BCUT2D eigenvalue weighted by atomic mass is 10.1. The molecule has 26 heavy (non-hydrogen) atoms. The van der Waals surface area contributed by atoms with Crippen LogP contribution in [0.5, 0.6) is 0 Å². The molecule has 0 amide bonds. The SMILES string of the molecule is CCn1c(Cc2ccc(C(F)(F)F)cc2)cc2cc(C(=O)OC)ccc21. The maximum Gasteiger partial charge on any atom is 0.416 e. The van der Waals surface area contributed by atoms with Crippen LogP contribution >= 0.6 is 0 Å². The smallest absolute Gasteiger partial charge is 0.416 e. The molecule has 0 aliphatic heterocycles. The van der Waals surface area contributed by atoms with Crippen molar-refractivity contribution in [3.63, 3.8) is 0 Å². The van der Waals surface area contributed by atoms with Gasteiger partial charge < -0.3 is 9.30 Å². The van der Waals surface area contributed by atoms with E-state index in [0.29, 0.717) is 12.0 Å². The van der Waals surface area contributed by atoms with E-state index in [1.165, 1.54) is 19.2 Å². The molecule has 0 saturated heterocycles. The van der Waals surface area contributed by atoms with Gasteiger partial charge in [-0.3, -0.25) is 0 Å². The van der Waals surface area contributed by atoms with Gasteiger partial charge in [-0.2, -0.15) is 13.2 Å². The number of hydrogen-bond acceptors (Lipinski definition) is 2. The second-order valence-corrected chi connectivity index (χ2v) is 6.02. The van der Waals surface area contributed by atoms with Crippen molar-refractivity contribution in [2.75, 3.05) is 7.11 Å². The highest BCUT2D eigenvalue weighted by molar-refractivity contribution is 5.95. The van der Waals surface area contributed by atoms with E-state index in [2.05, 4.69) is 4.57 Å². The van der Waals surface area contributed by atoms with Gasteiger partial charge in [0.1, 0.15) is 0 Å². The highest BCUT2D eigenvalue weighted by Crippen LogP contribution is 2.30. The zero-order valence-corrected chi connectivity index (χ0v) is 14.4. The van der Waals surface area contributed by atoms with Crippen LogP contribution in [0.4, 0.5) is 13.2 Å². The third kappa shape index (κ3) is 3.45. The van der Waals surface area contributed by atoms with Gasteiger partial charge in [0, 0.05) is 29.6 Å². The topological polar surface area (TPSA) is 31.2 Å². The number of aromatic nitrogens is 1. The highest BCUT2D eigenvalue weighted by atomic mass is 19.4. The second kappa shape index (κ2) is 6.86. The van der Waals surface area contributed by atoms with Gasteiger partial charge >= 0.3 is 12.1 Å². The van der Waals surface area contributed by atoms with Crippen LogP contribution in [0.1, 0.15) is 34.1 Å². The van der Waals surface area contributed by atoms with E-state index in [0.717, 1.165) is 40.8 Å². The molecule has 0 radical (unpaired) electrons. The summed E-state index contributed by atoms with van der Waals surface area (Å²) in [7, 11) is 1.33. The number of fused-ring (bicyclic) bond motifs is 1. The average molecular weight is 361 g/mol. The number of carbonyl (C=O) groups is 1. The minimum absolute atomic E-state index is 0.402. The molecular formula is C20H18F3NO2. The van der Waals surface area contributed by atoms with E-state index in [9.17, 15) is 18.0 Å². The molecule has 1 heterocycles. The lowest BCUT2D eigenvalue weighted by Gasteiger charge is -2.10. The number of nitrogens with zero attached hydrogens (tertiary/aromatic N) is 1. The third-order valence-electron chi connectivity index (χ3n) is 4.39. The van der Waals surface area contributed by atoms with Crippen LogP contribution in [0.15, 0.2) is 48.5 Å². The Hall–Kier alpha value is -2.76. The summed E-state index contributed by atoms with van der Waals surface area (Å²) in [6.07, 6.45) is -3.82. The van der Waals surface area contributed by atoms with Crippen molar-refractivity contribution in [2.24, 2.45) is 0 Å². The molecule has 0 aliphatic rings. The number of ether oxygens (including phenoxy) is 1. The van der Waals surface area contributed by atoms with E-state index in [1.54, 1.807) is 12.1 Å². The molecule has 0 aliphatic carbocycles. The number of benzene rings is 2. The number of methoxy groups -OCH3 is 1. The summed E-state index contributed by atoms with van der Waals surface area (Å²) in [4.78, 5) is 11.7. The van der Waals surface area contributed by atoms with Crippen molar-refractivity contribution in [2.45, 2.75) is 26.1 Å². The van der Waals surface area contributed by atoms with Crippen molar-refractivity contribution in [1.82, 2.24) is 4.57 Å². The standard InChI is InChI=1S/C20H18F3NO2/c1-3-24-17(10-13-4-7-16(8-5-13)20(21,22)23)12-15-11-14(19(25)26-2)6-9-18(15)24/h4-9,11-12H,3,10H2,1-2H3. The summed E-state index contributed by atoms with van der Waals surface area (Å²) in [5.74, 6) is -0.402. The molecular weight excluding hydrogens is 343 g/mol. The molecule has 0 atom stereocenters. The first kappa shape index (κ1) is 18.0. The van der Waals surface area contributed by atoms with Crippen molar-refractivity contribution in [3.05, 3.63) is 70.9 Å². The Morgan fingerprint density at radius 1 is 1.08 bits per heavy atom.